The van der Waals surface area contributed by atoms with Crippen molar-refractivity contribution in [3.8, 4) is 6.07 Å². The topological polar surface area (TPSA) is 23.8 Å². The fourth-order valence-electron chi connectivity index (χ4n) is 1.19. The summed E-state index contributed by atoms with van der Waals surface area (Å²) < 4.78 is 24.0. The molecular formula is C12H13F2NS. The summed E-state index contributed by atoms with van der Waals surface area (Å²) in [6.07, 6.45) is -2.29. The molecule has 0 N–H and O–H groups in total. The van der Waals surface area contributed by atoms with Crippen molar-refractivity contribution < 1.29 is 8.78 Å². The van der Waals surface area contributed by atoms with Crippen LogP contribution in [0, 0.1) is 11.3 Å². The molecule has 1 aromatic carbocycles. The first-order valence-electron chi connectivity index (χ1n) is 4.88. The molecule has 86 valence electrons. The van der Waals surface area contributed by atoms with Crippen LogP contribution in [0.25, 0.3) is 0 Å². The lowest BCUT2D eigenvalue weighted by Gasteiger charge is -2.15. The minimum absolute atomic E-state index is 0.193. The van der Waals surface area contributed by atoms with E-state index in [1.54, 1.807) is 12.1 Å². The molecule has 0 atom stereocenters. The van der Waals surface area contributed by atoms with Gasteiger partial charge in [0.2, 0.25) is 6.43 Å². The summed E-state index contributed by atoms with van der Waals surface area (Å²) in [6.45, 7) is 3.66. The van der Waals surface area contributed by atoms with Gasteiger partial charge in [0.05, 0.1) is 17.2 Å². The summed E-state index contributed by atoms with van der Waals surface area (Å²) in [5.74, 6) is -0.193. The molecule has 0 aliphatic rings. The second-order valence-corrected chi connectivity index (χ2v) is 5.06. The second-order valence-electron chi connectivity index (χ2n) is 3.96. The van der Waals surface area contributed by atoms with Crippen molar-refractivity contribution in [3.63, 3.8) is 0 Å². The van der Waals surface area contributed by atoms with Crippen LogP contribution < -0.4 is 0 Å². The quantitative estimate of drug-likeness (QED) is 0.748. The van der Waals surface area contributed by atoms with Crippen LogP contribution in [-0.2, 0) is 5.41 Å². The van der Waals surface area contributed by atoms with Gasteiger partial charge in [-0.2, -0.15) is 5.26 Å². The van der Waals surface area contributed by atoms with Crippen LogP contribution in [0.1, 0.15) is 19.4 Å². The fourth-order valence-corrected chi connectivity index (χ4v) is 1.84. The minimum Gasteiger partial charge on any atom is -0.210 e. The zero-order valence-electron chi connectivity index (χ0n) is 9.21. The van der Waals surface area contributed by atoms with Gasteiger partial charge in [-0.1, -0.05) is 12.1 Å². The van der Waals surface area contributed by atoms with Gasteiger partial charge in [-0.15, -0.1) is 11.8 Å². The first-order chi connectivity index (χ1) is 7.45. The number of thioether (sulfide) groups is 1. The highest BCUT2D eigenvalue weighted by molar-refractivity contribution is 7.99. The van der Waals surface area contributed by atoms with E-state index in [-0.39, 0.29) is 5.75 Å². The molecule has 0 amide bonds. The monoisotopic (exact) mass is 241 g/mol. The number of alkyl halides is 2. The average Bonchev–Trinajstić information content (AvgIpc) is 2.27. The van der Waals surface area contributed by atoms with Crippen molar-refractivity contribution in [2.75, 3.05) is 5.75 Å². The molecule has 0 radical (unpaired) electrons. The van der Waals surface area contributed by atoms with E-state index in [0.717, 1.165) is 22.2 Å². The van der Waals surface area contributed by atoms with E-state index in [1.165, 1.54) is 0 Å². The number of hydrogen-bond acceptors (Lipinski definition) is 2. The largest absolute Gasteiger partial charge is 0.247 e. The molecule has 1 aromatic rings. The summed E-state index contributed by atoms with van der Waals surface area (Å²) in [5.41, 5.74) is 0.364. The Balaban J connectivity index is 2.73. The molecule has 0 heterocycles. The Kier molecular flexibility index (Phi) is 4.31. The van der Waals surface area contributed by atoms with Gasteiger partial charge in [0.25, 0.3) is 0 Å². The van der Waals surface area contributed by atoms with Crippen LogP contribution in [0.4, 0.5) is 8.78 Å². The molecule has 0 aliphatic carbocycles. The Labute approximate surface area is 98.5 Å². The maximum atomic E-state index is 12.0. The van der Waals surface area contributed by atoms with E-state index in [4.69, 9.17) is 5.26 Å². The smallest absolute Gasteiger partial charge is 0.210 e. The summed E-state index contributed by atoms with van der Waals surface area (Å²) in [6, 6.07) is 9.39. The highest BCUT2D eigenvalue weighted by atomic mass is 32.2. The Morgan fingerprint density at radius 3 is 2.31 bits per heavy atom. The molecule has 0 bridgehead atoms. The van der Waals surface area contributed by atoms with Crippen LogP contribution >= 0.6 is 11.8 Å². The fraction of sp³-hybridized carbons (Fsp3) is 0.417. The summed E-state index contributed by atoms with van der Waals surface area (Å²) in [5, 5.41) is 8.94. The van der Waals surface area contributed by atoms with E-state index < -0.39 is 11.8 Å². The maximum absolute atomic E-state index is 12.0. The predicted molar refractivity (Wildman–Crippen MR) is 61.8 cm³/mol. The van der Waals surface area contributed by atoms with E-state index in [1.807, 2.05) is 26.0 Å². The number of benzene rings is 1. The standard InChI is InChI=1S/C12H13F2NS/c1-12(2,8-15)9-3-5-10(6-4-9)16-7-11(13)14/h3-6,11H,7H2,1-2H3. The summed E-state index contributed by atoms with van der Waals surface area (Å²) in [7, 11) is 0. The third kappa shape index (κ3) is 3.49. The number of nitriles is 1. The summed E-state index contributed by atoms with van der Waals surface area (Å²) in [4.78, 5) is 0.804. The van der Waals surface area contributed by atoms with Crippen LogP contribution in [0.5, 0.6) is 0 Å². The molecule has 0 saturated heterocycles. The van der Waals surface area contributed by atoms with E-state index in [9.17, 15) is 8.78 Å². The highest BCUT2D eigenvalue weighted by Crippen LogP contribution is 2.26. The number of nitrogens with zero attached hydrogens (tertiary/aromatic N) is 1. The SMILES string of the molecule is CC(C)(C#N)c1ccc(SCC(F)F)cc1. The molecule has 0 spiro atoms. The van der Waals surface area contributed by atoms with Crippen molar-refractivity contribution in [2.24, 2.45) is 0 Å². The number of hydrogen-bond donors (Lipinski definition) is 0. The van der Waals surface area contributed by atoms with Crippen molar-refractivity contribution in [1.82, 2.24) is 0 Å². The number of rotatable bonds is 4. The predicted octanol–water partition coefficient (Wildman–Crippen LogP) is 3.84. The lowest BCUT2D eigenvalue weighted by atomic mass is 9.87. The van der Waals surface area contributed by atoms with Crippen molar-refractivity contribution in [2.45, 2.75) is 30.6 Å². The van der Waals surface area contributed by atoms with Gasteiger partial charge in [0, 0.05) is 4.90 Å². The zero-order chi connectivity index (χ0) is 12.2. The third-order valence-electron chi connectivity index (χ3n) is 2.23. The number of halogens is 2. The van der Waals surface area contributed by atoms with Gasteiger partial charge in [-0.05, 0) is 31.5 Å². The van der Waals surface area contributed by atoms with Gasteiger partial charge < -0.3 is 0 Å². The van der Waals surface area contributed by atoms with E-state index in [0.29, 0.717) is 0 Å². The molecule has 0 fully saturated rings. The van der Waals surface area contributed by atoms with E-state index >= 15 is 0 Å². The molecule has 0 unspecified atom stereocenters. The molecule has 0 aliphatic heterocycles. The van der Waals surface area contributed by atoms with Gasteiger partial charge in [0.1, 0.15) is 0 Å². The van der Waals surface area contributed by atoms with Crippen molar-refractivity contribution in [3.05, 3.63) is 29.8 Å². The van der Waals surface area contributed by atoms with Gasteiger partial charge in [-0.3, -0.25) is 0 Å². The van der Waals surface area contributed by atoms with E-state index in [2.05, 4.69) is 6.07 Å². The zero-order valence-corrected chi connectivity index (χ0v) is 10.0. The molecular weight excluding hydrogens is 228 g/mol. The first kappa shape index (κ1) is 13.0. The molecule has 4 heteroatoms. The Hall–Kier alpha value is -1.08. The Morgan fingerprint density at radius 2 is 1.88 bits per heavy atom. The Bertz CT molecular complexity index is 379. The molecule has 0 aromatic heterocycles. The van der Waals surface area contributed by atoms with Crippen molar-refractivity contribution in [1.29, 1.82) is 5.26 Å². The lowest BCUT2D eigenvalue weighted by Crippen LogP contribution is -2.13. The average molecular weight is 241 g/mol. The van der Waals surface area contributed by atoms with Crippen LogP contribution in [0.3, 0.4) is 0 Å². The van der Waals surface area contributed by atoms with Crippen LogP contribution in [-0.4, -0.2) is 12.2 Å². The normalized spacial score (nSPS) is 11.5. The maximum Gasteiger partial charge on any atom is 0.247 e. The van der Waals surface area contributed by atoms with Gasteiger partial charge in [0.15, 0.2) is 0 Å². The minimum atomic E-state index is -2.29. The second kappa shape index (κ2) is 5.31. The van der Waals surface area contributed by atoms with Crippen LogP contribution in [0.2, 0.25) is 0 Å². The molecule has 1 rings (SSSR count). The highest BCUT2D eigenvalue weighted by Gasteiger charge is 2.19. The molecule has 1 nitrogen and oxygen atoms in total. The van der Waals surface area contributed by atoms with Gasteiger partial charge in [-0.25, -0.2) is 8.78 Å². The van der Waals surface area contributed by atoms with Gasteiger partial charge >= 0.3 is 0 Å². The lowest BCUT2D eigenvalue weighted by molar-refractivity contribution is 0.177. The van der Waals surface area contributed by atoms with Crippen molar-refractivity contribution >= 4 is 11.8 Å². The summed E-state index contributed by atoms with van der Waals surface area (Å²) >= 11 is 1.12. The molecule has 16 heavy (non-hydrogen) atoms. The van der Waals surface area contributed by atoms with Crippen LogP contribution in [0.15, 0.2) is 29.2 Å². The Morgan fingerprint density at radius 1 is 1.31 bits per heavy atom. The third-order valence-corrected chi connectivity index (χ3v) is 3.26. The first-order valence-corrected chi connectivity index (χ1v) is 5.87. The molecule has 0 saturated carbocycles.